The fourth-order valence-electron chi connectivity index (χ4n) is 5.13. The Kier molecular flexibility index (Phi) is 6.75. The molecule has 3 heterocycles. The minimum Gasteiger partial charge on any atom is -0.451 e. The average molecular weight is 573 g/mol. The van der Waals surface area contributed by atoms with Crippen molar-refractivity contribution in [2.45, 2.75) is 31.7 Å². The highest BCUT2D eigenvalue weighted by atomic mass is 35.5. The van der Waals surface area contributed by atoms with Crippen LogP contribution in [0.4, 0.5) is 8.78 Å². The van der Waals surface area contributed by atoms with Gasteiger partial charge in [-0.2, -0.15) is 13.9 Å². The number of amides is 1. The van der Waals surface area contributed by atoms with Gasteiger partial charge in [-0.15, -0.1) is 0 Å². The molecule has 1 amide bonds. The lowest BCUT2D eigenvalue weighted by molar-refractivity contribution is -0.159. The molecule has 206 valence electrons. The van der Waals surface area contributed by atoms with E-state index >= 15 is 8.78 Å². The lowest BCUT2D eigenvalue weighted by atomic mass is 9.91. The van der Waals surface area contributed by atoms with Gasteiger partial charge < -0.3 is 9.40 Å². The van der Waals surface area contributed by atoms with Gasteiger partial charge in [0.1, 0.15) is 6.26 Å². The van der Waals surface area contributed by atoms with E-state index in [0.29, 0.717) is 27.2 Å². The number of aromatic amines is 1. The number of aryl methyl sites for hydroxylation is 1. The van der Waals surface area contributed by atoms with Gasteiger partial charge in [0, 0.05) is 27.9 Å². The minimum atomic E-state index is -3.83. The molecule has 0 fully saturated rings. The average Bonchev–Trinajstić information content (AvgIpc) is 3.63. The minimum absolute atomic E-state index is 0.0524. The Bertz CT molecular complexity index is 1830. The molecule has 0 saturated heterocycles. The summed E-state index contributed by atoms with van der Waals surface area (Å²) in [4.78, 5) is 33.7. The van der Waals surface area contributed by atoms with Crippen molar-refractivity contribution >= 4 is 34.1 Å². The molecule has 6 rings (SSSR count). The fraction of sp³-hybridized carbons (Fsp3) is 0.161. The van der Waals surface area contributed by atoms with Crippen LogP contribution in [0, 0.1) is 6.92 Å². The van der Waals surface area contributed by atoms with Gasteiger partial charge in [0.05, 0.1) is 29.4 Å². The fourth-order valence-corrected chi connectivity index (χ4v) is 5.25. The van der Waals surface area contributed by atoms with Crippen molar-refractivity contribution in [2.24, 2.45) is 5.10 Å². The van der Waals surface area contributed by atoms with Crippen molar-refractivity contribution in [1.82, 2.24) is 15.0 Å². The maximum atomic E-state index is 15.4. The number of carbonyl (C=O) groups is 1. The van der Waals surface area contributed by atoms with Crippen molar-refractivity contribution < 1.29 is 18.0 Å². The standard InChI is InChI=1S/C31H23ClF2N4O3/c1-18-6-8-19(9-7-18)26-14-25(37-38(26)30(40)31(33,34)15-22-16-41-17-35-22)28-27(20-10-12-21(32)13-11-20)23-4-2-3-5-24(23)36-29(28)39/h2-13,16-17,26H,14-15H2,1H3,(H,36,39). The first kappa shape index (κ1) is 26.6. The number of hydrazone groups is 1. The molecule has 0 bridgehead atoms. The molecule has 0 aliphatic carbocycles. The normalized spacial score (nSPS) is 15.4. The number of benzene rings is 3. The van der Waals surface area contributed by atoms with Crippen molar-refractivity contribution in [2.75, 3.05) is 0 Å². The van der Waals surface area contributed by atoms with Crippen LogP contribution in [-0.2, 0) is 11.2 Å². The number of oxazole rings is 1. The van der Waals surface area contributed by atoms with Crippen molar-refractivity contribution in [3.8, 4) is 11.1 Å². The van der Waals surface area contributed by atoms with E-state index in [-0.39, 0.29) is 23.4 Å². The second-order valence-corrected chi connectivity index (χ2v) is 10.4. The predicted octanol–water partition coefficient (Wildman–Crippen LogP) is 6.70. The largest absolute Gasteiger partial charge is 0.451 e. The number of rotatable bonds is 6. The molecule has 3 aromatic carbocycles. The summed E-state index contributed by atoms with van der Waals surface area (Å²) in [5.74, 6) is -5.32. The van der Waals surface area contributed by atoms with Crippen molar-refractivity contribution in [3.05, 3.63) is 123 Å². The summed E-state index contributed by atoms with van der Waals surface area (Å²) in [5.41, 5.74) is 3.38. The lowest BCUT2D eigenvalue weighted by Gasteiger charge is -2.26. The molecule has 1 aliphatic rings. The third-order valence-electron chi connectivity index (χ3n) is 7.12. The van der Waals surface area contributed by atoms with E-state index in [0.717, 1.165) is 28.6 Å². The Balaban J connectivity index is 1.52. The van der Waals surface area contributed by atoms with Crippen LogP contribution in [0.1, 0.15) is 34.8 Å². The molecule has 1 aliphatic heterocycles. The van der Waals surface area contributed by atoms with E-state index < -0.39 is 29.9 Å². The monoisotopic (exact) mass is 572 g/mol. The number of H-pyrrole nitrogens is 1. The highest BCUT2D eigenvalue weighted by Gasteiger charge is 2.48. The zero-order valence-electron chi connectivity index (χ0n) is 21.8. The van der Waals surface area contributed by atoms with E-state index in [1.54, 1.807) is 48.5 Å². The molecule has 5 aromatic rings. The van der Waals surface area contributed by atoms with Gasteiger partial charge in [0.2, 0.25) is 0 Å². The molecule has 1 N–H and O–H groups in total. The second kappa shape index (κ2) is 10.4. The molecule has 2 aromatic heterocycles. The van der Waals surface area contributed by atoms with Gasteiger partial charge in [-0.1, -0.05) is 71.8 Å². The van der Waals surface area contributed by atoms with Crippen LogP contribution in [-0.4, -0.2) is 32.5 Å². The van der Waals surface area contributed by atoms with Crippen LogP contribution in [0.5, 0.6) is 0 Å². The number of hydrogen-bond donors (Lipinski definition) is 1. The number of halogens is 3. The second-order valence-electron chi connectivity index (χ2n) is 9.94. The quantitative estimate of drug-likeness (QED) is 0.245. The lowest BCUT2D eigenvalue weighted by Crippen LogP contribution is -2.42. The van der Waals surface area contributed by atoms with Crippen molar-refractivity contribution in [3.63, 3.8) is 0 Å². The zero-order chi connectivity index (χ0) is 28.7. The Morgan fingerprint density at radius 1 is 1.07 bits per heavy atom. The number of nitrogens with one attached hydrogen (secondary N) is 1. The highest BCUT2D eigenvalue weighted by molar-refractivity contribution is 6.30. The summed E-state index contributed by atoms with van der Waals surface area (Å²) in [6.07, 6.45) is 1.21. The summed E-state index contributed by atoms with van der Waals surface area (Å²) >= 11 is 6.14. The SMILES string of the molecule is Cc1ccc(C2CC(c3c(-c4ccc(Cl)cc4)c4ccccc4[nH]c3=O)=NN2C(=O)C(F)(F)Cc2cocn2)cc1. The summed E-state index contributed by atoms with van der Waals surface area (Å²) in [5, 5.41) is 6.50. The van der Waals surface area contributed by atoms with Gasteiger partial charge in [-0.3, -0.25) is 9.59 Å². The number of fused-ring (bicyclic) bond motifs is 1. The molecule has 0 spiro atoms. The number of alkyl halides is 2. The van der Waals surface area contributed by atoms with Crippen LogP contribution in [0.15, 0.2) is 99.8 Å². The smallest absolute Gasteiger partial charge is 0.332 e. The van der Waals surface area contributed by atoms with E-state index in [1.165, 1.54) is 0 Å². The van der Waals surface area contributed by atoms with Crippen LogP contribution in [0.2, 0.25) is 5.02 Å². The molecule has 1 atom stereocenters. The van der Waals surface area contributed by atoms with Crippen LogP contribution >= 0.6 is 11.6 Å². The van der Waals surface area contributed by atoms with Crippen LogP contribution < -0.4 is 5.56 Å². The third-order valence-corrected chi connectivity index (χ3v) is 7.38. The topological polar surface area (TPSA) is 91.6 Å². The molecular weight excluding hydrogens is 550 g/mol. The molecule has 10 heteroatoms. The molecule has 0 radical (unpaired) electrons. The summed E-state index contributed by atoms with van der Waals surface area (Å²) < 4.78 is 35.5. The third kappa shape index (κ3) is 5.04. The van der Waals surface area contributed by atoms with Gasteiger partial charge in [-0.05, 0) is 36.2 Å². The summed E-state index contributed by atoms with van der Waals surface area (Å²) in [7, 11) is 0. The van der Waals surface area contributed by atoms with Gasteiger partial charge in [0.25, 0.3) is 5.56 Å². The number of hydrogen-bond acceptors (Lipinski definition) is 5. The number of nitrogens with zero attached hydrogens (tertiary/aromatic N) is 3. The predicted molar refractivity (Wildman–Crippen MR) is 152 cm³/mol. The maximum absolute atomic E-state index is 15.4. The first-order chi connectivity index (χ1) is 19.7. The van der Waals surface area contributed by atoms with E-state index in [9.17, 15) is 9.59 Å². The molecule has 7 nitrogen and oxygen atoms in total. The zero-order valence-corrected chi connectivity index (χ0v) is 22.5. The van der Waals surface area contributed by atoms with Crippen LogP contribution in [0.25, 0.3) is 22.0 Å². The molecule has 41 heavy (non-hydrogen) atoms. The summed E-state index contributed by atoms with van der Waals surface area (Å²) in [6, 6.07) is 20.7. The van der Waals surface area contributed by atoms with E-state index in [1.807, 2.05) is 31.2 Å². The molecule has 1 unspecified atom stereocenters. The Morgan fingerprint density at radius 2 is 1.80 bits per heavy atom. The van der Waals surface area contributed by atoms with Gasteiger partial charge >= 0.3 is 11.8 Å². The number of pyridine rings is 1. The first-order valence-electron chi connectivity index (χ1n) is 12.9. The number of carbonyl (C=O) groups excluding carboxylic acids is 1. The van der Waals surface area contributed by atoms with Crippen molar-refractivity contribution in [1.29, 1.82) is 0 Å². The first-order valence-corrected chi connectivity index (χ1v) is 13.2. The summed E-state index contributed by atoms with van der Waals surface area (Å²) in [6.45, 7) is 1.91. The molecule has 0 saturated carbocycles. The number of para-hydroxylation sites is 1. The molecular formula is C31H23ClF2N4O3. The maximum Gasteiger partial charge on any atom is 0.332 e. The number of aromatic nitrogens is 2. The van der Waals surface area contributed by atoms with Gasteiger partial charge in [0.15, 0.2) is 6.39 Å². The Labute approximate surface area is 238 Å². The Hall–Kier alpha value is -4.63. The Morgan fingerprint density at radius 3 is 2.51 bits per heavy atom. The van der Waals surface area contributed by atoms with E-state index in [4.69, 9.17) is 16.0 Å². The highest BCUT2D eigenvalue weighted by Crippen LogP contribution is 2.39. The van der Waals surface area contributed by atoms with Crippen LogP contribution in [0.3, 0.4) is 0 Å². The van der Waals surface area contributed by atoms with Gasteiger partial charge in [-0.25, -0.2) is 9.99 Å². The van der Waals surface area contributed by atoms with E-state index in [2.05, 4.69) is 15.1 Å².